The van der Waals surface area contributed by atoms with E-state index in [0.717, 1.165) is 50.7 Å². The maximum Gasteiger partial charge on any atom is 0.0462 e. The van der Waals surface area contributed by atoms with Gasteiger partial charge in [0.15, 0.2) is 0 Å². The Balaban J connectivity index is 1.13. The maximum absolute atomic E-state index is 2.30. The zero-order chi connectivity index (χ0) is 37.0. The standard InChI is InChI=1S/C51H48N2/c1-6-8-43(9-7-38-52(47-28-10-39(2)11-29-47)48-30-12-40(3)13-31-48)18-19-44-20-22-45(23-21-44)24-25-46-26-36-51(37-27-46)53(49-32-14-41(4)15-33-49)50-34-16-42(5)17-35-50/h6-38H,1-5H3/b8-6-,19-18+,25-24+,38-7+,43-9+. The van der Waals surface area contributed by atoms with E-state index in [1.54, 1.807) is 0 Å². The molecule has 0 N–H and O–H groups in total. The number of allylic oxidation sites excluding steroid dienone is 6. The first-order valence-electron chi connectivity index (χ1n) is 18.3. The normalized spacial score (nSPS) is 12.1. The summed E-state index contributed by atoms with van der Waals surface area (Å²) in [4.78, 5) is 4.52. The van der Waals surface area contributed by atoms with Crippen LogP contribution in [0.15, 0.2) is 188 Å². The van der Waals surface area contributed by atoms with Gasteiger partial charge in [0.05, 0.1) is 0 Å². The van der Waals surface area contributed by atoms with Crippen LogP contribution in [0.4, 0.5) is 28.4 Å². The Morgan fingerprint density at radius 3 is 1.13 bits per heavy atom. The van der Waals surface area contributed by atoms with E-state index >= 15 is 0 Å². The lowest BCUT2D eigenvalue weighted by Gasteiger charge is -2.25. The third-order valence-electron chi connectivity index (χ3n) is 9.12. The highest BCUT2D eigenvalue weighted by molar-refractivity contribution is 5.78. The lowest BCUT2D eigenvalue weighted by atomic mass is 10.1. The van der Waals surface area contributed by atoms with E-state index in [0.29, 0.717) is 0 Å². The second-order valence-corrected chi connectivity index (χ2v) is 13.5. The predicted octanol–water partition coefficient (Wildman–Crippen LogP) is 14.4. The van der Waals surface area contributed by atoms with Crippen molar-refractivity contribution in [1.29, 1.82) is 0 Å². The van der Waals surface area contributed by atoms with Gasteiger partial charge in [0, 0.05) is 34.6 Å². The number of benzene rings is 6. The van der Waals surface area contributed by atoms with Gasteiger partial charge in [0.2, 0.25) is 0 Å². The molecule has 6 aromatic rings. The summed E-state index contributed by atoms with van der Waals surface area (Å²) in [6.45, 7) is 10.5. The molecule has 2 nitrogen and oxygen atoms in total. The number of hydrogen-bond donors (Lipinski definition) is 0. The summed E-state index contributed by atoms with van der Waals surface area (Å²) >= 11 is 0. The zero-order valence-electron chi connectivity index (χ0n) is 31.4. The largest absolute Gasteiger partial charge is 0.317 e. The predicted molar refractivity (Wildman–Crippen MR) is 232 cm³/mol. The summed E-state index contributed by atoms with van der Waals surface area (Å²) in [5, 5.41) is 0. The summed E-state index contributed by atoms with van der Waals surface area (Å²) in [5.41, 5.74) is 15.2. The second-order valence-electron chi connectivity index (χ2n) is 13.5. The SMILES string of the molecule is C\C=C/C(/C=C/c1ccc(/C=C/c2ccc(N(c3ccc(C)cc3)c3ccc(C)cc3)cc2)cc1)=C\C=C\N(c1ccc(C)cc1)c1ccc(C)cc1. The minimum atomic E-state index is 1.12. The number of aryl methyl sites for hydroxylation is 4. The van der Waals surface area contributed by atoms with Crippen molar-refractivity contribution < 1.29 is 0 Å². The van der Waals surface area contributed by atoms with E-state index < -0.39 is 0 Å². The highest BCUT2D eigenvalue weighted by Gasteiger charge is 2.12. The second kappa shape index (κ2) is 17.7. The molecular weight excluding hydrogens is 641 g/mol. The maximum atomic E-state index is 2.30. The van der Waals surface area contributed by atoms with Gasteiger partial charge >= 0.3 is 0 Å². The highest BCUT2D eigenvalue weighted by atomic mass is 15.1. The molecule has 0 atom stereocenters. The molecule has 0 fully saturated rings. The molecule has 0 amide bonds. The fraction of sp³-hybridized carbons (Fsp3) is 0.0980. The first kappa shape index (κ1) is 36.4. The molecule has 0 heterocycles. The van der Waals surface area contributed by atoms with Gasteiger partial charge in [-0.05, 0) is 124 Å². The first-order chi connectivity index (χ1) is 25.8. The zero-order valence-corrected chi connectivity index (χ0v) is 31.4. The van der Waals surface area contributed by atoms with Crippen LogP contribution in [0.25, 0.3) is 18.2 Å². The fourth-order valence-electron chi connectivity index (χ4n) is 6.00. The lowest BCUT2D eigenvalue weighted by Crippen LogP contribution is -2.09. The summed E-state index contributed by atoms with van der Waals surface area (Å²) < 4.78 is 0. The van der Waals surface area contributed by atoms with Crippen molar-refractivity contribution in [2.75, 3.05) is 9.80 Å². The van der Waals surface area contributed by atoms with Crippen LogP contribution in [0.2, 0.25) is 0 Å². The Hall–Kier alpha value is -6.38. The molecule has 0 unspecified atom stereocenters. The van der Waals surface area contributed by atoms with Gasteiger partial charge < -0.3 is 9.80 Å². The molecule has 53 heavy (non-hydrogen) atoms. The van der Waals surface area contributed by atoms with Crippen molar-refractivity contribution >= 4 is 46.7 Å². The van der Waals surface area contributed by atoms with Crippen molar-refractivity contribution in [1.82, 2.24) is 0 Å². The summed E-state index contributed by atoms with van der Waals surface area (Å²) in [5.74, 6) is 0. The number of nitrogens with zero attached hydrogens (tertiary/aromatic N) is 2. The van der Waals surface area contributed by atoms with Gasteiger partial charge in [0.25, 0.3) is 0 Å². The quantitative estimate of drug-likeness (QED) is 0.0933. The van der Waals surface area contributed by atoms with E-state index in [1.807, 2.05) is 0 Å². The van der Waals surface area contributed by atoms with E-state index in [2.05, 4.69) is 245 Å². The molecule has 0 aliphatic rings. The molecule has 0 radical (unpaired) electrons. The van der Waals surface area contributed by atoms with Gasteiger partial charge in [-0.15, -0.1) is 0 Å². The van der Waals surface area contributed by atoms with Crippen LogP contribution in [0.5, 0.6) is 0 Å². The number of hydrogen-bond acceptors (Lipinski definition) is 2. The highest BCUT2D eigenvalue weighted by Crippen LogP contribution is 2.35. The van der Waals surface area contributed by atoms with Crippen LogP contribution in [0.3, 0.4) is 0 Å². The molecular formula is C51H48N2. The van der Waals surface area contributed by atoms with Crippen LogP contribution in [0, 0.1) is 27.7 Å². The van der Waals surface area contributed by atoms with Gasteiger partial charge in [-0.25, -0.2) is 0 Å². The number of anilines is 5. The minimum Gasteiger partial charge on any atom is -0.317 e. The molecule has 6 aromatic carbocycles. The molecule has 0 bridgehead atoms. The van der Waals surface area contributed by atoms with Gasteiger partial charge in [-0.2, -0.15) is 0 Å². The Kier molecular flexibility index (Phi) is 12.2. The van der Waals surface area contributed by atoms with Gasteiger partial charge in [-0.1, -0.05) is 150 Å². The van der Waals surface area contributed by atoms with Crippen molar-refractivity contribution in [2.24, 2.45) is 0 Å². The van der Waals surface area contributed by atoms with E-state index in [-0.39, 0.29) is 0 Å². The number of rotatable bonds is 12. The Labute approximate surface area is 316 Å². The van der Waals surface area contributed by atoms with Crippen molar-refractivity contribution in [3.63, 3.8) is 0 Å². The average molecular weight is 689 g/mol. The minimum absolute atomic E-state index is 1.12. The molecule has 0 spiro atoms. The van der Waals surface area contributed by atoms with E-state index in [9.17, 15) is 0 Å². The monoisotopic (exact) mass is 688 g/mol. The van der Waals surface area contributed by atoms with Crippen LogP contribution < -0.4 is 9.80 Å². The van der Waals surface area contributed by atoms with Gasteiger partial charge in [-0.3, -0.25) is 0 Å². The van der Waals surface area contributed by atoms with Crippen molar-refractivity contribution in [3.8, 4) is 0 Å². The smallest absolute Gasteiger partial charge is 0.0462 e. The Morgan fingerprint density at radius 1 is 0.396 bits per heavy atom. The van der Waals surface area contributed by atoms with Crippen LogP contribution in [-0.2, 0) is 0 Å². The third kappa shape index (κ3) is 10.1. The molecule has 0 saturated carbocycles. The molecule has 6 rings (SSSR count). The summed E-state index contributed by atoms with van der Waals surface area (Å²) in [6.07, 6.45) is 19.3. The van der Waals surface area contributed by atoms with Crippen molar-refractivity contribution in [3.05, 3.63) is 227 Å². The van der Waals surface area contributed by atoms with Gasteiger partial charge in [0.1, 0.15) is 0 Å². The van der Waals surface area contributed by atoms with Crippen LogP contribution in [-0.4, -0.2) is 0 Å². The van der Waals surface area contributed by atoms with Crippen molar-refractivity contribution in [2.45, 2.75) is 34.6 Å². The van der Waals surface area contributed by atoms with Crippen LogP contribution in [0.1, 0.15) is 45.9 Å². The fourth-order valence-corrected chi connectivity index (χ4v) is 6.00. The molecule has 0 saturated heterocycles. The Bertz CT molecular complexity index is 2120. The van der Waals surface area contributed by atoms with E-state index in [1.165, 1.54) is 22.3 Å². The topological polar surface area (TPSA) is 6.48 Å². The molecule has 262 valence electrons. The first-order valence-corrected chi connectivity index (χ1v) is 18.3. The van der Waals surface area contributed by atoms with Crippen LogP contribution >= 0.6 is 0 Å². The Morgan fingerprint density at radius 2 is 0.736 bits per heavy atom. The average Bonchev–Trinajstić information content (AvgIpc) is 3.18. The molecule has 0 aromatic heterocycles. The summed E-state index contributed by atoms with van der Waals surface area (Å²) in [6, 6.07) is 52.1. The molecule has 0 aliphatic carbocycles. The molecule has 0 aliphatic heterocycles. The lowest BCUT2D eigenvalue weighted by molar-refractivity contribution is 1.27. The molecule has 2 heteroatoms. The third-order valence-corrected chi connectivity index (χ3v) is 9.12. The van der Waals surface area contributed by atoms with E-state index in [4.69, 9.17) is 0 Å². The summed E-state index contributed by atoms with van der Waals surface area (Å²) in [7, 11) is 0.